The van der Waals surface area contributed by atoms with E-state index in [4.69, 9.17) is 0 Å². The zero-order chi connectivity index (χ0) is 13.0. The van der Waals surface area contributed by atoms with Crippen LogP contribution in [-0.4, -0.2) is 26.7 Å². The van der Waals surface area contributed by atoms with Crippen molar-refractivity contribution in [1.82, 2.24) is 0 Å². The van der Waals surface area contributed by atoms with Crippen molar-refractivity contribution >= 4 is 15.2 Å². The first kappa shape index (κ1) is 18.6. The molecular weight excluding hydrogens is 238 g/mol. The van der Waals surface area contributed by atoms with E-state index in [1.54, 1.807) is 0 Å². The molecule has 0 bridgehead atoms. The van der Waals surface area contributed by atoms with Gasteiger partial charge in [-0.2, -0.15) is 0 Å². The minimum absolute atomic E-state index is 0.0728. The molecule has 0 N–H and O–H groups in total. The number of hydrogen-bond donors (Lipinski definition) is 0. The molecule has 6 heteroatoms. The summed E-state index contributed by atoms with van der Waals surface area (Å²) in [6, 6.07) is 0. The molecule has 100 valence electrons. The molecule has 0 aliphatic heterocycles. The summed E-state index contributed by atoms with van der Waals surface area (Å²) in [7, 11) is -5.93. The van der Waals surface area contributed by atoms with E-state index in [0.717, 1.165) is 0 Å². The van der Waals surface area contributed by atoms with E-state index in [2.05, 4.69) is 20.3 Å². The van der Waals surface area contributed by atoms with Gasteiger partial charge in [-0.15, -0.1) is 0 Å². The molecule has 0 unspecified atom stereocenters. The lowest BCUT2D eigenvalue weighted by Gasteiger charge is -1.99. The van der Waals surface area contributed by atoms with Gasteiger partial charge in [-0.1, -0.05) is 32.6 Å². The van der Waals surface area contributed by atoms with Crippen molar-refractivity contribution in [2.45, 2.75) is 45.4 Å². The smallest absolute Gasteiger partial charge is 0.418 e. The molecule has 0 aliphatic carbocycles. The van der Waals surface area contributed by atoms with Crippen LogP contribution in [0.2, 0.25) is 0 Å². The fraction of sp³-hybridized carbons (Fsp3) is 1.00. The van der Waals surface area contributed by atoms with Crippen LogP contribution < -0.4 is 0 Å². The standard InChI is InChI=1S/C10H23P.BF4/c1-4-5-6-7-8-9-10-11(2)3;2-1(3,4)5/h4-10H2,1-3H3;/q;-1/p+1. The Hall–Kier alpha value is 0.215. The summed E-state index contributed by atoms with van der Waals surface area (Å²) in [6.45, 7) is 7.10. The van der Waals surface area contributed by atoms with E-state index in [1.165, 1.54) is 44.7 Å². The summed E-state index contributed by atoms with van der Waals surface area (Å²) in [5, 5.41) is 0. The number of unbranched alkanes of at least 4 members (excludes halogenated alkanes) is 5. The molecule has 16 heavy (non-hydrogen) atoms. The average molecular weight is 262 g/mol. The zero-order valence-electron chi connectivity index (χ0n) is 10.5. The third kappa shape index (κ3) is 36.8. The first-order chi connectivity index (χ1) is 7.27. The molecule has 0 aromatic carbocycles. The van der Waals surface area contributed by atoms with Crippen LogP contribution in [0.25, 0.3) is 0 Å². The lowest BCUT2D eigenvalue weighted by atomic mass is 10.1. The van der Waals surface area contributed by atoms with Crippen LogP contribution in [-0.2, 0) is 0 Å². The van der Waals surface area contributed by atoms with Crippen LogP contribution in [0, 0.1) is 0 Å². The molecule has 0 aromatic rings. The minimum Gasteiger partial charge on any atom is -0.418 e. The topological polar surface area (TPSA) is 0 Å². The van der Waals surface area contributed by atoms with Gasteiger partial charge in [-0.25, -0.2) is 0 Å². The highest BCUT2D eigenvalue weighted by molar-refractivity contribution is 7.55. The van der Waals surface area contributed by atoms with Gasteiger partial charge in [0.1, 0.15) is 0 Å². The summed E-state index contributed by atoms with van der Waals surface area (Å²) >= 11 is 0. The molecule has 0 atom stereocenters. The van der Waals surface area contributed by atoms with Crippen LogP contribution in [0.5, 0.6) is 0 Å². The van der Waals surface area contributed by atoms with Crippen molar-refractivity contribution in [2.24, 2.45) is 0 Å². The van der Waals surface area contributed by atoms with Gasteiger partial charge in [-0.3, -0.25) is 0 Å². The van der Waals surface area contributed by atoms with Crippen LogP contribution in [0.15, 0.2) is 0 Å². The highest BCUT2D eigenvalue weighted by atomic mass is 31.1. The Morgan fingerprint density at radius 1 is 0.812 bits per heavy atom. The van der Waals surface area contributed by atoms with E-state index < -0.39 is 7.25 Å². The SMILES string of the molecule is CCCCCCCC[PH+](C)C.F[B-](F)(F)F. The van der Waals surface area contributed by atoms with E-state index >= 15 is 0 Å². The molecule has 0 aromatic heterocycles. The summed E-state index contributed by atoms with van der Waals surface area (Å²) in [5.41, 5.74) is 0. The molecule has 0 nitrogen and oxygen atoms in total. The van der Waals surface area contributed by atoms with Gasteiger partial charge in [0.05, 0.1) is 6.16 Å². The Morgan fingerprint density at radius 3 is 1.56 bits per heavy atom. The van der Waals surface area contributed by atoms with E-state index in [-0.39, 0.29) is 7.92 Å². The lowest BCUT2D eigenvalue weighted by Crippen LogP contribution is -2.02. The third-order valence-electron chi connectivity index (χ3n) is 2.03. The first-order valence-electron chi connectivity index (χ1n) is 5.93. The second-order valence-corrected chi connectivity index (χ2v) is 7.13. The number of hydrogen-bond acceptors (Lipinski definition) is 0. The summed E-state index contributed by atoms with van der Waals surface area (Å²) in [6.07, 6.45) is 10.2. The summed E-state index contributed by atoms with van der Waals surface area (Å²) in [5.74, 6) is 0. The molecule has 0 fully saturated rings. The van der Waals surface area contributed by atoms with Gasteiger partial charge in [0.15, 0.2) is 0 Å². The average Bonchev–Trinajstić information content (AvgIpc) is 2.08. The molecule has 0 amide bonds. The van der Waals surface area contributed by atoms with Crippen LogP contribution in [0.1, 0.15) is 45.4 Å². The van der Waals surface area contributed by atoms with Crippen molar-refractivity contribution in [3.8, 4) is 0 Å². The van der Waals surface area contributed by atoms with Crippen molar-refractivity contribution < 1.29 is 17.3 Å². The molecule has 0 spiro atoms. The maximum absolute atomic E-state index is 9.75. The Kier molecular flexibility index (Phi) is 13.6. The molecule has 0 heterocycles. The van der Waals surface area contributed by atoms with Gasteiger partial charge < -0.3 is 17.3 Å². The molecule has 0 rings (SSSR count). The van der Waals surface area contributed by atoms with Gasteiger partial charge in [0.2, 0.25) is 0 Å². The normalized spacial score (nSPS) is 11.2. The molecule has 0 saturated heterocycles. The van der Waals surface area contributed by atoms with Gasteiger partial charge >= 0.3 is 7.25 Å². The molecule has 0 saturated carbocycles. The van der Waals surface area contributed by atoms with E-state index in [0.29, 0.717) is 0 Å². The summed E-state index contributed by atoms with van der Waals surface area (Å²) < 4.78 is 39.0. The molecule has 0 radical (unpaired) electrons. The highest BCUT2D eigenvalue weighted by Gasteiger charge is 2.20. The Balaban J connectivity index is 0. The highest BCUT2D eigenvalue weighted by Crippen LogP contribution is 2.26. The van der Waals surface area contributed by atoms with Crippen molar-refractivity contribution in [3.05, 3.63) is 0 Å². The zero-order valence-corrected chi connectivity index (χ0v) is 11.5. The lowest BCUT2D eigenvalue weighted by molar-refractivity contribution is 0.368. The fourth-order valence-electron chi connectivity index (χ4n) is 1.26. The van der Waals surface area contributed by atoms with Crippen LogP contribution in [0.4, 0.5) is 17.3 Å². The van der Waals surface area contributed by atoms with Crippen molar-refractivity contribution in [2.75, 3.05) is 19.5 Å². The third-order valence-corrected chi connectivity index (χ3v) is 3.38. The predicted octanol–water partition coefficient (Wildman–Crippen LogP) is 5.12. The predicted molar refractivity (Wildman–Crippen MR) is 68.6 cm³/mol. The Morgan fingerprint density at radius 2 is 1.19 bits per heavy atom. The van der Waals surface area contributed by atoms with Crippen molar-refractivity contribution in [1.29, 1.82) is 0 Å². The Labute approximate surface area is 98.0 Å². The second kappa shape index (κ2) is 11.7. The Bertz CT molecular complexity index is 133. The monoisotopic (exact) mass is 262 g/mol. The van der Waals surface area contributed by atoms with Crippen molar-refractivity contribution in [3.63, 3.8) is 0 Å². The van der Waals surface area contributed by atoms with E-state index in [1.807, 2.05) is 0 Å². The van der Waals surface area contributed by atoms with Gasteiger partial charge in [0, 0.05) is 13.3 Å². The van der Waals surface area contributed by atoms with E-state index in [9.17, 15) is 17.3 Å². The van der Waals surface area contributed by atoms with Crippen LogP contribution >= 0.6 is 7.92 Å². The quantitative estimate of drug-likeness (QED) is 0.258. The second-order valence-electron chi connectivity index (χ2n) is 4.22. The number of halogens is 4. The summed E-state index contributed by atoms with van der Waals surface area (Å²) in [4.78, 5) is 0. The number of rotatable bonds is 7. The maximum Gasteiger partial charge on any atom is 0.673 e. The maximum atomic E-state index is 9.75. The van der Waals surface area contributed by atoms with Crippen LogP contribution in [0.3, 0.4) is 0 Å². The van der Waals surface area contributed by atoms with Gasteiger partial charge in [0.25, 0.3) is 0 Å². The molecular formula is C10H24BF4P. The largest absolute Gasteiger partial charge is 0.673 e. The molecule has 0 aliphatic rings. The first-order valence-corrected chi connectivity index (χ1v) is 8.64. The van der Waals surface area contributed by atoms with Gasteiger partial charge in [-0.05, 0) is 20.8 Å². The minimum atomic E-state index is -6.00. The fourth-order valence-corrected chi connectivity index (χ4v) is 2.22.